The van der Waals surface area contributed by atoms with Gasteiger partial charge in [-0.15, -0.1) is 0 Å². The number of halogens is 1. The number of anilines is 1. The molecule has 1 aromatic heterocycles. The summed E-state index contributed by atoms with van der Waals surface area (Å²) in [6.07, 6.45) is 2.97. The maximum atomic E-state index is 13.9. The van der Waals surface area contributed by atoms with Gasteiger partial charge in [0.05, 0.1) is 16.6 Å². The van der Waals surface area contributed by atoms with Crippen molar-refractivity contribution in [3.8, 4) is 5.75 Å². The predicted octanol–water partition coefficient (Wildman–Crippen LogP) is 4.19. The zero-order valence-corrected chi connectivity index (χ0v) is 23.4. The number of piperidine rings is 1. The Morgan fingerprint density at radius 1 is 0.974 bits per heavy atom. The van der Waals surface area contributed by atoms with Gasteiger partial charge in [-0.05, 0) is 49.6 Å². The van der Waals surface area contributed by atoms with Gasteiger partial charge in [-0.3, -0.25) is 23.7 Å². The number of imide groups is 1. The lowest BCUT2D eigenvalue weighted by Crippen LogP contribution is -2.39. The highest BCUT2D eigenvalue weighted by Gasteiger charge is 2.57. The molecule has 0 saturated carbocycles. The van der Waals surface area contributed by atoms with Gasteiger partial charge < -0.3 is 10.0 Å². The normalized spacial score (nSPS) is 22.9. The number of phenols is 1. The van der Waals surface area contributed by atoms with Crippen LogP contribution in [0.25, 0.3) is 0 Å². The quantitative estimate of drug-likeness (QED) is 0.443. The van der Waals surface area contributed by atoms with Crippen molar-refractivity contribution < 1.29 is 19.5 Å². The summed E-state index contributed by atoms with van der Waals surface area (Å²) in [5.74, 6) is -2.37. The molecule has 1 N–H and O–H groups in total. The molecule has 3 aromatic rings. The van der Waals surface area contributed by atoms with Crippen LogP contribution in [0.5, 0.6) is 5.75 Å². The highest BCUT2D eigenvalue weighted by Crippen LogP contribution is 2.55. The van der Waals surface area contributed by atoms with Crippen LogP contribution in [-0.4, -0.2) is 50.6 Å². The van der Waals surface area contributed by atoms with Crippen LogP contribution >= 0.6 is 39.0 Å². The van der Waals surface area contributed by atoms with Gasteiger partial charge in [0.1, 0.15) is 17.5 Å². The molecule has 0 unspecified atom stereocenters. The van der Waals surface area contributed by atoms with Crippen molar-refractivity contribution in [2.24, 2.45) is 5.92 Å². The van der Waals surface area contributed by atoms with Crippen LogP contribution in [0.3, 0.4) is 0 Å². The van der Waals surface area contributed by atoms with Crippen molar-refractivity contribution in [3.05, 3.63) is 73.1 Å². The molecule has 2 saturated heterocycles. The molecular formula is C27H24BrN3O5S2. The van der Waals surface area contributed by atoms with Gasteiger partial charge in [-0.2, -0.15) is 0 Å². The van der Waals surface area contributed by atoms with E-state index in [4.69, 9.17) is 0 Å². The summed E-state index contributed by atoms with van der Waals surface area (Å²) in [6, 6.07) is 13.7. The number of para-hydroxylation sites is 1. The summed E-state index contributed by atoms with van der Waals surface area (Å²) >= 11 is 5.55. The number of rotatable bonds is 4. The maximum Gasteiger partial charge on any atom is 0.308 e. The van der Waals surface area contributed by atoms with Gasteiger partial charge in [0, 0.05) is 33.9 Å². The highest BCUT2D eigenvalue weighted by molar-refractivity contribution is 9.10. The van der Waals surface area contributed by atoms with Crippen LogP contribution < -0.4 is 9.77 Å². The minimum Gasteiger partial charge on any atom is -0.508 e. The van der Waals surface area contributed by atoms with Gasteiger partial charge in [0.2, 0.25) is 17.7 Å². The third kappa shape index (κ3) is 4.20. The van der Waals surface area contributed by atoms with Crippen molar-refractivity contribution in [3.63, 3.8) is 0 Å². The summed E-state index contributed by atoms with van der Waals surface area (Å²) in [7, 11) is 0. The van der Waals surface area contributed by atoms with Crippen LogP contribution in [0.2, 0.25) is 0 Å². The first-order valence-electron chi connectivity index (χ1n) is 12.4. The van der Waals surface area contributed by atoms with E-state index in [9.17, 15) is 24.3 Å². The molecular weight excluding hydrogens is 590 g/mol. The molecule has 0 aliphatic carbocycles. The Labute approximate surface area is 235 Å². The molecule has 3 aliphatic heterocycles. The van der Waals surface area contributed by atoms with E-state index in [-0.39, 0.29) is 34.9 Å². The first-order chi connectivity index (χ1) is 18.3. The Kier molecular flexibility index (Phi) is 6.69. The van der Waals surface area contributed by atoms with E-state index in [0.29, 0.717) is 34.2 Å². The van der Waals surface area contributed by atoms with Crippen LogP contribution in [0.4, 0.5) is 5.69 Å². The molecule has 38 heavy (non-hydrogen) atoms. The van der Waals surface area contributed by atoms with Gasteiger partial charge >= 0.3 is 4.87 Å². The van der Waals surface area contributed by atoms with Crippen LogP contribution in [0.15, 0.2) is 62.8 Å². The summed E-state index contributed by atoms with van der Waals surface area (Å²) in [4.78, 5) is 57.3. The Morgan fingerprint density at radius 3 is 2.39 bits per heavy atom. The second kappa shape index (κ2) is 10.0. The van der Waals surface area contributed by atoms with E-state index in [0.717, 1.165) is 35.1 Å². The van der Waals surface area contributed by atoms with E-state index in [1.165, 1.54) is 21.2 Å². The molecule has 2 aromatic carbocycles. The molecule has 3 amide bonds. The number of hydrogen-bond acceptors (Lipinski definition) is 7. The second-order valence-corrected chi connectivity index (χ2v) is 12.7. The van der Waals surface area contributed by atoms with Crippen LogP contribution in [0.1, 0.15) is 35.6 Å². The number of hydrogen-bond donors (Lipinski definition) is 1. The van der Waals surface area contributed by atoms with Gasteiger partial charge in [0.15, 0.2) is 0 Å². The van der Waals surface area contributed by atoms with Crippen molar-refractivity contribution in [2.75, 3.05) is 18.0 Å². The summed E-state index contributed by atoms with van der Waals surface area (Å²) in [5.41, 5.74) is 0.953. The number of carbonyl (C=O) groups excluding carboxylic acids is 3. The SMILES string of the molecule is O=C(Cn1c2c(sc1=O)[C@@H](c1ccccc1O)[C@H]1C(=O)N(c3ccc(Br)cc3)C(=O)[C@H]1S2)N1CCCCC1. The number of thiazole rings is 1. The standard InChI is InChI=1S/C27H24BrN3O5S2/c28-15-8-10-16(11-9-15)31-24(34)21-20(17-6-2-3-7-18(17)32)23-26(37-22(21)25(31)35)30(27(36)38-23)14-19(33)29-12-4-1-5-13-29/h2-3,6-11,20-22,32H,1,4-5,12-14H2/t20-,21+,22-/m0/s1. The monoisotopic (exact) mass is 613 g/mol. The first-order valence-corrected chi connectivity index (χ1v) is 14.9. The molecule has 0 bridgehead atoms. The predicted molar refractivity (Wildman–Crippen MR) is 149 cm³/mol. The molecule has 11 heteroatoms. The third-order valence-electron chi connectivity index (χ3n) is 7.41. The number of likely N-dealkylation sites (tertiary alicyclic amines) is 1. The smallest absolute Gasteiger partial charge is 0.308 e. The number of fused-ring (bicyclic) bond motifs is 2. The summed E-state index contributed by atoms with van der Waals surface area (Å²) in [6.45, 7) is 1.24. The Balaban J connectivity index is 1.45. The first kappa shape index (κ1) is 25.4. The molecule has 8 nitrogen and oxygen atoms in total. The fourth-order valence-electron chi connectivity index (χ4n) is 5.56. The zero-order chi connectivity index (χ0) is 26.6. The van der Waals surface area contributed by atoms with E-state index in [1.807, 2.05) is 0 Å². The topological polar surface area (TPSA) is 99.9 Å². The minimum absolute atomic E-state index is 0.00627. The molecule has 196 valence electrons. The van der Waals surface area contributed by atoms with Gasteiger partial charge in [-0.1, -0.05) is 57.2 Å². The zero-order valence-electron chi connectivity index (χ0n) is 20.2. The summed E-state index contributed by atoms with van der Waals surface area (Å²) in [5, 5.41) is 10.5. The number of nitrogens with zero attached hydrogens (tertiary/aromatic N) is 3. The Hall–Kier alpha value is -2.89. The highest BCUT2D eigenvalue weighted by atomic mass is 79.9. The average molecular weight is 615 g/mol. The molecule has 3 atom stereocenters. The van der Waals surface area contributed by atoms with Crippen molar-refractivity contribution in [1.29, 1.82) is 0 Å². The van der Waals surface area contributed by atoms with E-state index in [1.54, 1.807) is 53.4 Å². The molecule has 4 heterocycles. The lowest BCUT2D eigenvalue weighted by molar-refractivity contribution is -0.133. The van der Waals surface area contributed by atoms with Gasteiger partial charge in [-0.25, -0.2) is 4.90 Å². The van der Waals surface area contributed by atoms with Crippen LogP contribution in [-0.2, 0) is 20.9 Å². The Bertz CT molecular complexity index is 1500. The maximum absolute atomic E-state index is 13.9. The number of thioether (sulfide) groups is 1. The van der Waals surface area contributed by atoms with Crippen molar-refractivity contribution >= 4 is 62.4 Å². The molecule has 2 fully saturated rings. The number of amides is 3. The number of benzene rings is 2. The number of carbonyl (C=O) groups is 3. The van der Waals surface area contributed by atoms with E-state index < -0.39 is 17.1 Å². The lowest BCUT2D eigenvalue weighted by Gasteiger charge is -2.31. The fourth-order valence-corrected chi connectivity index (χ4v) is 8.59. The minimum atomic E-state index is -0.804. The number of phenolic OH excluding ortho intramolecular Hbond substituents is 1. The van der Waals surface area contributed by atoms with Crippen molar-refractivity contribution in [1.82, 2.24) is 9.47 Å². The number of aromatic hydroxyl groups is 1. The molecule has 0 radical (unpaired) electrons. The van der Waals surface area contributed by atoms with E-state index >= 15 is 0 Å². The van der Waals surface area contributed by atoms with Gasteiger partial charge in [0.25, 0.3) is 0 Å². The van der Waals surface area contributed by atoms with Crippen molar-refractivity contribution in [2.45, 2.75) is 42.0 Å². The largest absolute Gasteiger partial charge is 0.508 e. The molecule has 0 spiro atoms. The van der Waals surface area contributed by atoms with Crippen LogP contribution in [0, 0.1) is 5.92 Å². The fraction of sp³-hybridized carbons (Fsp3) is 0.333. The lowest BCUT2D eigenvalue weighted by atomic mass is 9.82. The third-order valence-corrected chi connectivity index (χ3v) is 10.5. The summed E-state index contributed by atoms with van der Waals surface area (Å²) < 4.78 is 2.27. The Morgan fingerprint density at radius 2 is 1.68 bits per heavy atom. The van der Waals surface area contributed by atoms with E-state index in [2.05, 4.69) is 15.9 Å². The molecule has 6 rings (SSSR count). The number of aromatic nitrogens is 1. The average Bonchev–Trinajstić information content (AvgIpc) is 3.36. The molecule has 3 aliphatic rings. The second-order valence-electron chi connectivity index (χ2n) is 9.65.